The summed E-state index contributed by atoms with van der Waals surface area (Å²) in [7, 11) is 0. The number of carbonyl (C=O) groups is 5. The Hall–Kier alpha value is -3.87. The number of β-lactam (4-membered cyclic amide) rings is 1. The number of fused-ring (bicyclic) bond motifs is 1. The summed E-state index contributed by atoms with van der Waals surface area (Å²) in [5.41, 5.74) is -0.143. The Morgan fingerprint density at radius 3 is 2.56 bits per heavy atom. The van der Waals surface area contributed by atoms with Gasteiger partial charge in [0.15, 0.2) is 6.04 Å². The number of benzene rings is 1. The topological polar surface area (TPSA) is 160 Å². The van der Waals surface area contributed by atoms with Crippen molar-refractivity contribution in [1.29, 1.82) is 5.41 Å². The number of urea groups is 1. The van der Waals surface area contributed by atoms with Gasteiger partial charge in [0.1, 0.15) is 23.4 Å². The number of hydrazine groups is 1. The summed E-state index contributed by atoms with van der Waals surface area (Å²) < 4.78 is 4.93. The van der Waals surface area contributed by atoms with Crippen LogP contribution in [0.15, 0.2) is 41.6 Å². The summed E-state index contributed by atoms with van der Waals surface area (Å²) in [5, 5.41) is 22.0. The number of hydrogen-bond donors (Lipinski definition) is 3. The van der Waals surface area contributed by atoms with Crippen LogP contribution in [0.1, 0.15) is 12.5 Å². The van der Waals surface area contributed by atoms with E-state index in [1.807, 2.05) is 0 Å². The van der Waals surface area contributed by atoms with Crippen LogP contribution in [0.5, 0.6) is 0 Å². The number of esters is 1. The van der Waals surface area contributed by atoms with Gasteiger partial charge in [-0.1, -0.05) is 30.3 Å². The molecule has 3 aliphatic heterocycles. The fourth-order valence-corrected chi connectivity index (χ4v) is 5.32. The largest absolute Gasteiger partial charge is 0.477 e. The Balaban J connectivity index is 1.66. The molecule has 1 aromatic rings. The average molecular weight is 487 g/mol. The minimum Gasteiger partial charge on any atom is -0.477 e. The molecule has 0 aliphatic carbocycles. The number of amides is 4. The van der Waals surface area contributed by atoms with Crippen molar-refractivity contribution in [1.82, 2.24) is 20.2 Å². The number of carbonyl (C=O) groups excluding carboxylic acids is 4. The zero-order chi connectivity index (χ0) is 24.6. The first kappa shape index (κ1) is 23.3. The number of rotatable bonds is 7. The minimum atomic E-state index is -1.37. The quantitative estimate of drug-likeness (QED) is 0.275. The normalized spacial score (nSPS) is 21.4. The second kappa shape index (κ2) is 9.17. The van der Waals surface area contributed by atoms with Crippen LogP contribution in [-0.4, -0.2) is 92.4 Å². The highest BCUT2D eigenvalue weighted by Crippen LogP contribution is 2.43. The fourth-order valence-electron chi connectivity index (χ4n) is 3.95. The summed E-state index contributed by atoms with van der Waals surface area (Å²) in [6.45, 7) is 1.27. The van der Waals surface area contributed by atoms with Gasteiger partial charge in [0.2, 0.25) is 0 Å². The van der Waals surface area contributed by atoms with E-state index in [2.05, 4.69) is 5.32 Å². The predicted molar refractivity (Wildman–Crippen MR) is 118 cm³/mol. The van der Waals surface area contributed by atoms with Gasteiger partial charge in [0.25, 0.3) is 11.8 Å². The molecular formula is C21H21N5O7S. The Labute approximate surface area is 198 Å². The molecule has 1 aromatic carbocycles. The fraction of sp³-hybridized carbons (Fsp3) is 0.333. The minimum absolute atomic E-state index is 0.104. The van der Waals surface area contributed by atoms with E-state index in [9.17, 15) is 29.1 Å². The van der Waals surface area contributed by atoms with Crippen LogP contribution in [0.2, 0.25) is 0 Å². The van der Waals surface area contributed by atoms with Gasteiger partial charge in [-0.25, -0.2) is 19.6 Å². The molecule has 13 heteroatoms. The summed E-state index contributed by atoms with van der Waals surface area (Å²) in [5.74, 6) is -3.37. The smallest absolute Gasteiger partial charge is 0.352 e. The molecule has 3 aliphatic rings. The standard InChI is InChI=1S/C21H21N5O7S/c1-11(27)33-9-13-10-34-19-16(18(29)25(19)15(13)20(30)31)26(24-8-7-23-21(24)32)17(28)14(22)12-5-3-2-4-6-12/h2-6,16,19,22H,7-10H2,1H3,(H,23,32)(H,30,31). The number of carboxylic acid groups (broad SMARTS) is 1. The lowest BCUT2D eigenvalue weighted by atomic mass is 10.0. The first-order chi connectivity index (χ1) is 16.2. The van der Waals surface area contributed by atoms with Crippen LogP contribution in [0.25, 0.3) is 0 Å². The van der Waals surface area contributed by atoms with E-state index in [1.54, 1.807) is 30.3 Å². The number of thioether (sulfide) groups is 1. The maximum absolute atomic E-state index is 13.4. The van der Waals surface area contributed by atoms with Crippen LogP contribution in [0.3, 0.4) is 0 Å². The third-order valence-corrected chi connectivity index (χ3v) is 6.84. The van der Waals surface area contributed by atoms with Crippen molar-refractivity contribution >= 4 is 47.3 Å². The Kier molecular flexibility index (Phi) is 6.28. The molecule has 34 heavy (non-hydrogen) atoms. The highest BCUT2D eigenvalue weighted by Gasteiger charge is 2.59. The summed E-state index contributed by atoms with van der Waals surface area (Å²) >= 11 is 1.19. The maximum Gasteiger partial charge on any atom is 0.352 e. The van der Waals surface area contributed by atoms with E-state index >= 15 is 0 Å². The third-order valence-electron chi connectivity index (χ3n) is 5.51. The van der Waals surface area contributed by atoms with Crippen molar-refractivity contribution in [3.05, 3.63) is 47.2 Å². The zero-order valence-electron chi connectivity index (χ0n) is 18.0. The number of nitrogens with zero attached hydrogens (tertiary/aromatic N) is 3. The van der Waals surface area contributed by atoms with E-state index in [4.69, 9.17) is 10.1 Å². The van der Waals surface area contributed by atoms with Crippen molar-refractivity contribution in [2.45, 2.75) is 18.3 Å². The van der Waals surface area contributed by atoms with E-state index in [1.165, 1.54) is 18.7 Å². The molecule has 12 nitrogen and oxygen atoms in total. The molecule has 3 N–H and O–H groups in total. The van der Waals surface area contributed by atoms with Gasteiger partial charge in [-0.05, 0) is 0 Å². The molecule has 2 fully saturated rings. The molecule has 3 heterocycles. The van der Waals surface area contributed by atoms with Gasteiger partial charge in [0.05, 0.1) is 6.54 Å². The van der Waals surface area contributed by atoms with Gasteiger partial charge >= 0.3 is 18.0 Å². The third kappa shape index (κ3) is 3.98. The molecule has 2 atom stereocenters. The van der Waals surface area contributed by atoms with E-state index < -0.39 is 46.9 Å². The van der Waals surface area contributed by atoms with Crippen molar-refractivity contribution in [3.63, 3.8) is 0 Å². The molecule has 2 unspecified atom stereocenters. The van der Waals surface area contributed by atoms with Gasteiger partial charge in [0, 0.05) is 30.4 Å². The monoisotopic (exact) mass is 487 g/mol. The van der Waals surface area contributed by atoms with Crippen LogP contribution in [0.4, 0.5) is 4.79 Å². The van der Waals surface area contributed by atoms with Crippen molar-refractivity contribution in [3.8, 4) is 0 Å². The molecule has 0 aromatic heterocycles. The first-order valence-electron chi connectivity index (χ1n) is 10.3. The highest BCUT2D eigenvalue weighted by atomic mass is 32.2. The van der Waals surface area contributed by atoms with E-state index in [-0.39, 0.29) is 36.7 Å². The van der Waals surface area contributed by atoms with Crippen molar-refractivity contribution in [2.75, 3.05) is 25.4 Å². The Morgan fingerprint density at radius 1 is 1.26 bits per heavy atom. The van der Waals surface area contributed by atoms with Gasteiger partial charge in [-0.3, -0.25) is 24.7 Å². The lowest BCUT2D eigenvalue weighted by molar-refractivity contribution is -0.169. The molecule has 0 radical (unpaired) electrons. The highest BCUT2D eigenvalue weighted by molar-refractivity contribution is 8.00. The lowest BCUT2D eigenvalue weighted by Gasteiger charge is -2.53. The molecular weight excluding hydrogens is 466 g/mol. The number of carboxylic acids is 1. The zero-order valence-corrected chi connectivity index (χ0v) is 18.8. The molecule has 0 spiro atoms. The molecule has 4 amide bonds. The Morgan fingerprint density at radius 2 is 1.97 bits per heavy atom. The van der Waals surface area contributed by atoms with E-state index in [0.717, 1.165) is 14.9 Å². The molecule has 178 valence electrons. The second-order valence-corrected chi connectivity index (χ2v) is 8.74. The van der Waals surface area contributed by atoms with Crippen molar-refractivity contribution in [2.24, 2.45) is 0 Å². The van der Waals surface area contributed by atoms with Crippen molar-refractivity contribution < 1.29 is 33.8 Å². The van der Waals surface area contributed by atoms with Crippen LogP contribution < -0.4 is 5.32 Å². The summed E-state index contributed by atoms with van der Waals surface area (Å²) in [6.07, 6.45) is 0. The number of ether oxygens (including phenoxy) is 1. The first-order valence-corrected chi connectivity index (χ1v) is 11.3. The summed E-state index contributed by atoms with van der Waals surface area (Å²) in [4.78, 5) is 63.3. The predicted octanol–water partition coefficient (Wildman–Crippen LogP) is 0.00877. The number of hydrogen-bond acceptors (Lipinski definition) is 8. The SMILES string of the molecule is CC(=O)OCC1=C(C(=O)O)N2C(=O)C(N(C(=O)C(=N)c3ccccc3)N3CCNC3=O)C2SC1. The summed E-state index contributed by atoms with van der Waals surface area (Å²) in [6, 6.07) is 6.41. The van der Waals surface area contributed by atoms with Crippen LogP contribution in [0, 0.1) is 5.41 Å². The average Bonchev–Trinajstić information content (AvgIpc) is 3.25. The second-order valence-electron chi connectivity index (χ2n) is 7.64. The van der Waals surface area contributed by atoms with Gasteiger partial charge in [-0.2, -0.15) is 0 Å². The molecule has 2 saturated heterocycles. The molecule has 4 rings (SSSR count). The molecule has 0 bridgehead atoms. The van der Waals surface area contributed by atoms with Crippen LogP contribution in [-0.2, 0) is 23.9 Å². The van der Waals surface area contributed by atoms with Crippen LogP contribution >= 0.6 is 11.8 Å². The maximum atomic E-state index is 13.4. The number of aliphatic carboxylic acids is 1. The molecule has 0 saturated carbocycles. The number of nitrogens with one attached hydrogen (secondary N) is 2. The van der Waals surface area contributed by atoms with E-state index in [0.29, 0.717) is 5.56 Å². The Bertz CT molecular complexity index is 1120. The van der Waals surface area contributed by atoms with Gasteiger partial charge < -0.3 is 15.2 Å². The lowest BCUT2D eigenvalue weighted by Crippen LogP contribution is -2.74. The van der Waals surface area contributed by atoms with Gasteiger partial charge in [-0.15, -0.1) is 11.8 Å².